The summed E-state index contributed by atoms with van der Waals surface area (Å²) in [6.07, 6.45) is 1.30. The van der Waals surface area contributed by atoms with E-state index in [1.54, 1.807) is 0 Å². The molecule has 0 bridgehead atoms. The normalized spacial score (nSPS) is 12.4. The summed E-state index contributed by atoms with van der Waals surface area (Å²) in [6.45, 7) is 4.39. The Hall–Kier alpha value is -1.96. The number of carboxylic acid groups (broad SMARTS) is 1. The topological polar surface area (TPSA) is 123 Å². The molecule has 8 heteroatoms. The first kappa shape index (κ1) is 14.1. The van der Waals surface area contributed by atoms with Crippen molar-refractivity contribution in [2.75, 3.05) is 6.54 Å². The zero-order valence-corrected chi connectivity index (χ0v) is 10.3. The van der Waals surface area contributed by atoms with Crippen molar-refractivity contribution in [2.45, 2.75) is 26.4 Å². The SMILES string of the molecule is CC(C)[C@@H](N)C(=O)NCCn1cc(C(=O)O)nn1. The number of nitrogens with one attached hydrogen (secondary N) is 1. The number of amides is 1. The highest BCUT2D eigenvalue weighted by Crippen LogP contribution is 1.97. The number of nitrogens with zero attached hydrogens (tertiary/aromatic N) is 3. The minimum absolute atomic E-state index is 0.0648. The van der Waals surface area contributed by atoms with Crippen molar-refractivity contribution in [3.8, 4) is 0 Å². The lowest BCUT2D eigenvalue weighted by molar-refractivity contribution is -0.123. The monoisotopic (exact) mass is 255 g/mol. The first-order valence-electron chi connectivity index (χ1n) is 5.58. The van der Waals surface area contributed by atoms with Crippen LogP contribution in [0.25, 0.3) is 0 Å². The van der Waals surface area contributed by atoms with Gasteiger partial charge in [-0.25, -0.2) is 9.48 Å². The predicted octanol–water partition coefficient (Wildman–Crippen LogP) is -0.924. The smallest absolute Gasteiger partial charge is 0.358 e. The summed E-state index contributed by atoms with van der Waals surface area (Å²) in [7, 11) is 0. The van der Waals surface area contributed by atoms with E-state index in [1.807, 2.05) is 13.8 Å². The van der Waals surface area contributed by atoms with E-state index < -0.39 is 12.0 Å². The summed E-state index contributed by atoms with van der Waals surface area (Å²) in [5.41, 5.74) is 5.53. The van der Waals surface area contributed by atoms with Gasteiger partial charge in [0.1, 0.15) is 0 Å². The maximum Gasteiger partial charge on any atom is 0.358 e. The van der Waals surface area contributed by atoms with Gasteiger partial charge in [-0.1, -0.05) is 19.1 Å². The number of nitrogens with two attached hydrogens (primary N) is 1. The Bertz CT molecular complexity index is 429. The fourth-order valence-electron chi connectivity index (χ4n) is 1.22. The van der Waals surface area contributed by atoms with Gasteiger partial charge in [-0.05, 0) is 5.92 Å². The summed E-state index contributed by atoms with van der Waals surface area (Å²) in [5.74, 6) is -1.30. The summed E-state index contributed by atoms with van der Waals surface area (Å²) in [5, 5.41) is 18.4. The molecule has 0 fully saturated rings. The Balaban J connectivity index is 2.37. The van der Waals surface area contributed by atoms with Crippen molar-refractivity contribution >= 4 is 11.9 Å². The van der Waals surface area contributed by atoms with Gasteiger partial charge in [-0.15, -0.1) is 5.10 Å². The van der Waals surface area contributed by atoms with Gasteiger partial charge in [0.2, 0.25) is 5.91 Å². The third kappa shape index (κ3) is 3.81. The van der Waals surface area contributed by atoms with Crippen LogP contribution in [0.2, 0.25) is 0 Å². The van der Waals surface area contributed by atoms with Gasteiger partial charge < -0.3 is 16.2 Å². The van der Waals surface area contributed by atoms with Crippen molar-refractivity contribution < 1.29 is 14.7 Å². The van der Waals surface area contributed by atoms with Crippen LogP contribution in [0.1, 0.15) is 24.3 Å². The number of aromatic nitrogens is 3. The average molecular weight is 255 g/mol. The highest BCUT2D eigenvalue weighted by molar-refractivity contribution is 5.84. The van der Waals surface area contributed by atoms with E-state index in [4.69, 9.17) is 10.8 Å². The molecule has 0 saturated carbocycles. The van der Waals surface area contributed by atoms with E-state index in [2.05, 4.69) is 15.6 Å². The number of carbonyl (C=O) groups is 2. The van der Waals surface area contributed by atoms with Gasteiger partial charge in [-0.3, -0.25) is 4.79 Å². The van der Waals surface area contributed by atoms with Crippen LogP contribution in [0.4, 0.5) is 0 Å². The van der Waals surface area contributed by atoms with E-state index in [9.17, 15) is 9.59 Å². The summed E-state index contributed by atoms with van der Waals surface area (Å²) in [6, 6.07) is -0.546. The Morgan fingerprint density at radius 1 is 1.56 bits per heavy atom. The molecular weight excluding hydrogens is 238 g/mol. The Kier molecular flexibility index (Phi) is 4.78. The summed E-state index contributed by atoms with van der Waals surface area (Å²) < 4.78 is 1.35. The molecular formula is C10H17N5O3. The lowest BCUT2D eigenvalue weighted by atomic mass is 10.1. The van der Waals surface area contributed by atoms with Gasteiger partial charge in [0, 0.05) is 6.54 Å². The molecule has 0 radical (unpaired) electrons. The number of rotatable bonds is 6. The largest absolute Gasteiger partial charge is 0.476 e. The summed E-state index contributed by atoms with van der Waals surface area (Å²) >= 11 is 0. The molecule has 1 amide bonds. The minimum atomic E-state index is -1.13. The second-order valence-electron chi connectivity index (χ2n) is 4.23. The molecule has 0 aliphatic rings. The van der Waals surface area contributed by atoms with Crippen LogP contribution in [0.3, 0.4) is 0 Å². The van der Waals surface area contributed by atoms with Crippen LogP contribution < -0.4 is 11.1 Å². The second-order valence-corrected chi connectivity index (χ2v) is 4.23. The first-order chi connectivity index (χ1) is 8.41. The van der Waals surface area contributed by atoms with E-state index >= 15 is 0 Å². The standard InChI is InChI=1S/C10H17N5O3/c1-6(2)8(11)9(16)12-3-4-15-5-7(10(17)18)13-14-15/h5-6,8H,3-4,11H2,1-2H3,(H,12,16)(H,17,18)/t8-/m1/s1. The minimum Gasteiger partial charge on any atom is -0.476 e. The lowest BCUT2D eigenvalue weighted by Gasteiger charge is -2.14. The van der Waals surface area contributed by atoms with Crippen molar-refractivity contribution in [1.82, 2.24) is 20.3 Å². The molecule has 1 rings (SSSR count). The first-order valence-corrected chi connectivity index (χ1v) is 5.58. The van der Waals surface area contributed by atoms with Crippen molar-refractivity contribution in [3.63, 3.8) is 0 Å². The van der Waals surface area contributed by atoms with E-state index in [-0.39, 0.29) is 17.5 Å². The zero-order valence-electron chi connectivity index (χ0n) is 10.3. The molecule has 4 N–H and O–H groups in total. The molecule has 18 heavy (non-hydrogen) atoms. The number of carboxylic acids is 1. The van der Waals surface area contributed by atoms with Crippen LogP contribution in [-0.4, -0.2) is 44.6 Å². The molecule has 0 unspecified atom stereocenters. The Morgan fingerprint density at radius 3 is 2.72 bits per heavy atom. The fraction of sp³-hybridized carbons (Fsp3) is 0.600. The molecule has 0 aromatic carbocycles. The molecule has 0 aliphatic heterocycles. The highest BCUT2D eigenvalue weighted by Gasteiger charge is 2.16. The van der Waals surface area contributed by atoms with Gasteiger partial charge in [0.05, 0.1) is 18.8 Å². The molecule has 100 valence electrons. The van der Waals surface area contributed by atoms with E-state index in [1.165, 1.54) is 10.9 Å². The van der Waals surface area contributed by atoms with Gasteiger partial charge in [-0.2, -0.15) is 0 Å². The van der Waals surface area contributed by atoms with Crippen LogP contribution in [-0.2, 0) is 11.3 Å². The third-order valence-electron chi connectivity index (χ3n) is 2.42. The van der Waals surface area contributed by atoms with E-state index in [0.29, 0.717) is 13.1 Å². The molecule has 1 atom stereocenters. The van der Waals surface area contributed by atoms with Gasteiger partial charge in [0.15, 0.2) is 5.69 Å². The van der Waals surface area contributed by atoms with Crippen LogP contribution >= 0.6 is 0 Å². The second kappa shape index (κ2) is 6.10. The molecule has 8 nitrogen and oxygen atoms in total. The van der Waals surface area contributed by atoms with Crippen LogP contribution in [0.5, 0.6) is 0 Å². The van der Waals surface area contributed by atoms with Gasteiger partial charge in [0.25, 0.3) is 0 Å². The number of aromatic carboxylic acids is 1. The Morgan fingerprint density at radius 2 is 2.22 bits per heavy atom. The number of carbonyl (C=O) groups excluding carboxylic acids is 1. The maximum absolute atomic E-state index is 11.5. The molecule has 1 heterocycles. The maximum atomic E-state index is 11.5. The average Bonchev–Trinajstić information content (AvgIpc) is 2.76. The lowest BCUT2D eigenvalue weighted by Crippen LogP contribution is -2.44. The molecule has 0 spiro atoms. The highest BCUT2D eigenvalue weighted by atomic mass is 16.4. The van der Waals surface area contributed by atoms with Crippen molar-refractivity contribution in [1.29, 1.82) is 0 Å². The van der Waals surface area contributed by atoms with Crippen LogP contribution in [0, 0.1) is 5.92 Å². The van der Waals surface area contributed by atoms with Crippen molar-refractivity contribution in [3.05, 3.63) is 11.9 Å². The van der Waals surface area contributed by atoms with Crippen molar-refractivity contribution in [2.24, 2.45) is 11.7 Å². The predicted molar refractivity (Wildman–Crippen MR) is 62.8 cm³/mol. The zero-order chi connectivity index (χ0) is 13.7. The molecule has 0 aliphatic carbocycles. The molecule has 1 aromatic heterocycles. The summed E-state index contributed by atoms with van der Waals surface area (Å²) in [4.78, 5) is 22.1. The fourth-order valence-corrected chi connectivity index (χ4v) is 1.22. The number of hydrogen-bond donors (Lipinski definition) is 3. The van der Waals surface area contributed by atoms with Gasteiger partial charge >= 0.3 is 5.97 Å². The quantitative estimate of drug-likeness (QED) is 0.603. The number of hydrogen-bond acceptors (Lipinski definition) is 5. The Labute approximate surface area is 104 Å². The van der Waals surface area contributed by atoms with Crippen LogP contribution in [0.15, 0.2) is 6.20 Å². The molecule has 0 saturated heterocycles. The third-order valence-corrected chi connectivity index (χ3v) is 2.42. The molecule has 1 aromatic rings. The van der Waals surface area contributed by atoms with E-state index in [0.717, 1.165) is 0 Å².